The summed E-state index contributed by atoms with van der Waals surface area (Å²) in [6.45, 7) is 7.99. The summed E-state index contributed by atoms with van der Waals surface area (Å²) in [6, 6.07) is 17.5. The summed E-state index contributed by atoms with van der Waals surface area (Å²) in [7, 11) is 1.66. The Labute approximate surface area is 245 Å². The highest BCUT2D eigenvalue weighted by molar-refractivity contribution is 6.06. The number of rotatable bonds is 12. The number of para-hydroxylation sites is 2. The maximum Gasteiger partial charge on any atom is 0.273 e. The predicted molar refractivity (Wildman–Crippen MR) is 163 cm³/mol. The van der Waals surface area contributed by atoms with Gasteiger partial charge < -0.3 is 29.9 Å². The molecule has 2 amide bonds. The molecule has 0 unspecified atom stereocenters. The molecule has 1 aliphatic rings. The number of nitrogens with one attached hydrogen (secondary N) is 2. The number of carbonyl (C=O) groups excluding carboxylic acids is 2. The van der Waals surface area contributed by atoms with E-state index in [1.807, 2.05) is 37.3 Å². The smallest absolute Gasteiger partial charge is 0.273 e. The Balaban J connectivity index is 1.54. The lowest BCUT2D eigenvalue weighted by molar-refractivity contribution is -0.385. The molecule has 1 fully saturated rings. The molecular formula is C31H37N5O6. The monoisotopic (exact) mass is 575 g/mol. The van der Waals surface area contributed by atoms with E-state index in [1.165, 1.54) is 6.07 Å². The second-order valence-corrected chi connectivity index (χ2v) is 9.90. The minimum absolute atomic E-state index is 0.127. The van der Waals surface area contributed by atoms with E-state index >= 15 is 0 Å². The molecule has 0 aliphatic carbocycles. The molecule has 1 aliphatic heterocycles. The topological polar surface area (TPSA) is 126 Å². The van der Waals surface area contributed by atoms with Crippen molar-refractivity contribution in [2.24, 2.45) is 0 Å². The molecule has 3 aromatic carbocycles. The van der Waals surface area contributed by atoms with Gasteiger partial charge in [-0.1, -0.05) is 18.2 Å². The van der Waals surface area contributed by atoms with Crippen molar-refractivity contribution < 1.29 is 24.0 Å². The summed E-state index contributed by atoms with van der Waals surface area (Å²) in [4.78, 5) is 41.6. The molecule has 1 saturated heterocycles. The lowest BCUT2D eigenvalue weighted by atomic mass is 10.1. The number of amides is 2. The van der Waals surface area contributed by atoms with Gasteiger partial charge in [0.1, 0.15) is 5.75 Å². The maximum atomic E-state index is 13.4. The van der Waals surface area contributed by atoms with Gasteiger partial charge in [0, 0.05) is 74.5 Å². The first kappa shape index (κ1) is 30.3. The number of benzene rings is 3. The maximum absolute atomic E-state index is 13.4. The zero-order valence-corrected chi connectivity index (χ0v) is 24.2. The van der Waals surface area contributed by atoms with Gasteiger partial charge in [-0.05, 0) is 56.7 Å². The minimum Gasteiger partial charge on any atom is -0.495 e. The molecule has 0 saturated carbocycles. The van der Waals surface area contributed by atoms with Gasteiger partial charge in [-0.2, -0.15) is 0 Å². The molecule has 11 nitrogen and oxygen atoms in total. The Bertz CT molecular complexity index is 1420. The standard InChI is InChI=1S/C31H37N5O6/c1-4-42-19-7-14-32-31(38)25-21-24(33-30(37)23-11-10-22(2)28(20-23)36(39)40)12-13-26(25)34-15-17-35(18-16-34)27-8-5-6-9-29(27)41-3/h5-6,8-13,20-21H,4,7,14-19H2,1-3H3,(H,32,38)(H,33,37). The third-order valence-corrected chi connectivity index (χ3v) is 7.17. The number of nitro benzene ring substituents is 1. The van der Waals surface area contributed by atoms with Crippen LogP contribution in [0.2, 0.25) is 0 Å². The SMILES string of the molecule is CCOCCCNC(=O)c1cc(NC(=O)c2ccc(C)c([N+](=O)[O-])c2)ccc1N1CCN(c2ccccc2OC)CC1. The molecule has 4 rings (SSSR count). The van der Waals surface area contributed by atoms with Gasteiger partial charge >= 0.3 is 0 Å². The number of anilines is 3. The molecule has 0 atom stereocenters. The summed E-state index contributed by atoms with van der Waals surface area (Å²) in [6.07, 6.45) is 0.676. The Morgan fingerprint density at radius 3 is 2.36 bits per heavy atom. The fraction of sp³-hybridized carbons (Fsp3) is 0.355. The normalized spacial score (nSPS) is 13.0. The van der Waals surface area contributed by atoms with Crippen LogP contribution in [0.15, 0.2) is 60.7 Å². The molecule has 0 radical (unpaired) electrons. The number of hydrogen-bond acceptors (Lipinski definition) is 8. The molecule has 1 heterocycles. The Morgan fingerprint density at radius 2 is 1.67 bits per heavy atom. The Morgan fingerprint density at radius 1 is 0.952 bits per heavy atom. The van der Waals surface area contributed by atoms with Crippen molar-refractivity contribution in [2.45, 2.75) is 20.3 Å². The average Bonchev–Trinajstić information content (AvgIpc) is 3.01. The summed E-state index contributed by atoms with van der Waals surface area (Å²) >= 11 is 0. The van der Waals surface area contributed by atoms with Crippen LogP contribution in [0.3, 0.4) is 0 Å². The van der Waals surface area contributed by atoms with Crippen molar-refractivity contribution in [2.75, 3.05) is 68.2 Å². The van der Waals surface area contributed by atoms with E-state index in [0.717, 1.165) is 30.2 Å². The van der Waals surface area contributed by atoms with Crippen LogP contribution in [0.4, 0.5) is 22.7 Å². The lowest BCUT2D eigenvalue weighted by Gasteiger charge is -2.38. The minimum atomic E-state index is -0.511. The van der Waals surface area contributed by atoms with Crippen LogP contribution in [0.25, 0.3) is 0 Å². The number of hydrogen-bond donors (Lipinski definition) is 2. The van der Waals surface area contributed by atoms with Crippen LogP contribution in [0.5, 0.6) is 5.75 Å². The van der Waals surface area contributed by atoms with Crippen molar-refractivity contribution in [3.8, 4) is 5.75 Å². The summed E-state index contributed by atoms with van der Waals surface area (Å²) in [5.74, 6) is 0.0622. The van der Waals surface area contributed by atoms with Crippen LogP contribution >= 0.6 is 0 Å². The molecule has 11 heteroatoms. The predicted octanol–water partition coefficient (Wildman–Crippen LogP) is 4.65. The van der Waals surface area contributed by atoms with Crippen molar-refractivity contribution in [3.63, 3.8) is 0 Å². The van der Waals surface area contributed by atoms with Crippen LogP contribution in [-0.2, 0) is 4.74 Å². The number of nitrogens with zero attached hydrogens (tertiary/aromatic N) is 3. The van der Waals surface area contributed by atoms with E-state index in [-0.39, 0.29) is 17.2 Å². The van der Waals surface area contributed by atoms with E-state index in [4.69, 9.17) is 9.47 Å². The van der Waals surface area contributed by atoms with Crippen molar-refractivity contribution in [1.82, 2.24) is 5.32 Å². The van der Waals surface area contributed by atoms with Crippen molar-refractivity contribution >= 4 is 34.6 Å². The van der Waals surface area contributed by atoms with Crippen LogP contribution in [0, 0.1) is 17.0 Å². The van der Waals surface area contributed by atoms with E-state index < -0.39 is 10.8 Å². The molecule has 3 aromatic rings. The molecule has 42 heavy (non-hydrogen) atoms. The molecule has 222 valence electrons. The molecule has 0 bridgehead atoms. The van der Waals surface area contributed by atoms with Gasteiger partial charge in [0.05, 0.1) is 23.3 Å². The number of ether oxygens (including phenoxy) is 2. The van der Waals surface area contributed by atoms with Crippen LogP contribution < -0.4 is 25.2 Å². The van der Waals surface area contributed by atoms with Gasteiger partial charge in [0.2, 0.25) is 0 Å². The van der Waals surface area contributed by atoms with Gasteiger partial charge in [-0.15, -0.1) is 0 Å². The highest BCUT2D eigenvalue weighted by Gasteiger charge is 2.24. The first-order chi connectivity index (χ1) is 20.3. The van der Waals surface area contributed by atoms with E-state index in [1.54, 1.807) is 38.3 Å². The first-order valence-electron chi connectivity index (χ1n) is 14.0. The average molecular weight is 576 g/mol. The van der Waals surface area contributed by atoms with Gasteiger partial charge in [0.15, 0.2) is 0 Å². The fourth-order valence-electron chi connectivity index (χ4n) is 4.92. The van der Waals surface area contributed by atoms with E-state index in [9.17, 15) is 19.7 Å². The fourth-order valence-corrected chi connectivity index (χ4v) is 4.92. The highest BCUT2D eigenvalue weighted by atomic mass is 16.6. The summed E-state index contributed by atoms with van der Waals surface area (Å²) in [5, 5.41) is 17.1. The molecular weight excluding hydrogens is 538 g/mol. The molecule has 0 spiro atoms. The second kappa shape index (κ2) is 14.3. The second-order valence-electron chi connectivity index (χ2n) is 9.90. The number of nitro groups is 1. The van der Waals surface area contributed by atoms with Crippen LogP contribution in [-0.4, -0.2) is 69.8 Å². The van der Waals surface area contributed by atoms with E-state index in [0.29, 0.717) is 56.1 Å². The summed E-state index contributed by atoms with van der Waals surface area (Å²) < 4.78 is 10.9. The molecule has 0 aromatic heterocycles. The zero-order valence-electron chi connectivity index (χ0n) is 24.2. The van der Waals surface area contributed by atoms with Gasteiger partial charge in [0.25, 0.3) is 17.5 Å². The highest BCUT2D eigenvalue weighted by Crippen LogP contribution is 2.31. The van der Waals surface area contributed by atoms with Crippen LogP contribution in [0.1, 0.15) is 39.6 Å². The van der Waals surface area contributed by atoms with Crippen molar-refractivity contribution in [3.05, 3.63) is 87.5 Å². The number of piperazine rings is 1. The third-order valence-electron chi connectivity index (χ3n) is 7.17. The number of carbonyl (C=O) groups is 2. The Hall–Kier alpha value is -4.64. The number of methoxy groups -OCH3 is 1. The first-order valence-corrected chi connectivity index (χ1v) is 14.0. The number of aryl methyl sites for hydroxylation is 1. The van der Waals surface area contributed by atoms with Crippen molar-refractivity contribution in [1.29, 1.82) is 0 Å². The summed E-state index contributed by atoms with van der Waals surface area (Å²) in [5.41, 5.74) is 3.14. The third kappa shape index (κ3) is 7.35. The largest absolute Gasteiger partial charge is 0.495 e. The quantitative estimate of drug-likeness (QED) is 0.182. The lowest BCUT2D eigenvalue weighted by Crippen LogP contribution is -2.47. The van der Waals surface area contributed by atoms with Gasteiger partial charge in [-0.25, -0.2) is 0 Å². The zero-order chi connectivity index (χ0) is 30.1. The van der Waals surface area contributed by atoms with E-state index in [2.05, 4.69) is 20.4 Å². The van der Waals surface area contributed by atoms with Gasteiger partial charge in [-0.3, -0.25) is 19.7 Å². The Kier molecular flexibility index (Phi) is 10.3. The molecule has 2 N–H and O–H groups in total.